The molecular formula is C25H35NO5S2. The molecule has 0 aromatic heterocycles. The van der Waals surface area contributed by atoms with Gasteiger partial charge in [-0.2, -0.15) is 21.0 Å². The third-order valence-electron chi connectivity index (χ3n) is 4.90. The number of ether oxygens (including phenoxy) is 1. The lowest BCUT2D eigenvalue weighted by atomic mass is 9.99. The van der Waals surface area contributed by atoms with Gasteiger partial charge in [-0.1, -0.05) is 81.4 Å². The van der Waals surface area contributed by atoms with Gasteiger partial charge in [0.05, 0.1) is 12.4 Å². The third kappa shape index (κ3) is 11.6. The zero-order valence-electron chi connectivity index (χ0n) is 19.6. The van der Waals surface area contributed by atoms with Gasteiger partial charge in [0.2, 0.25) is 0 Å². The van der Waals surface area contributed by atoms with Crippen LogP contribution in [0.1, 0.15) is 44.7 Å². The van der Waals surface area contributed by atoms with E-state index >= 15 is 0 Å². The van der Waals surface area contributed by atoms with Crippen LogP contribution in [-0.4, -0.2) is 38.2 Å². The number of aryl methyl sites for hydroxylation is 1. The quantitative estimate of drug-likeness (QED) is 0.321. The molecule has 6 nitrogen and oxygen atoms in total. The van der Waals surface area contributed by atoms with Crippen molar-refractivity contribution in [2.75, 3.05) is 12.4 Å². The highest BCUT2D eigenvalue weighted by atomic mass is 32.2. The van der Waals surface area contributed by atoms with Crippen molar-refractivity contribution in [2.24, 2.45) is 5.41 Å². The van der Waals surface area contributed by atoms with Crippen LogP contribution < -0.4 is 5.32 Å². The molecule has 8 heteroatoms. The number of carbonyl (C=O) groups excluding carboxylic acids is 1. The number of hydrogen-bond acceptors (Lipinski definition) is 6. The van der Waals surface area contributed by atoms with Crippen LogP contribution in [0.15, 0.2) is 60.7 Å². The van der Waals surface area contributed by atoms with E-state index in [1.165, 1.54) is 0 Å². The maximum Gasteiger partial charge on any atom is 0.407 e. The van der Waals surface area contributed by atoms with E-state index in [9.17, 15) is 13.2 Å². The largest absolute Gasteiger partial charge is 0.445 e. The van der Waals surface area contributed by atoms with E-state index in [1.54, 1.807) is 0 Å². The molecule has 0 bridgehead atoms. The van der Waals surface area contributed by atoms with Crippen molar-refractivity contribution in [3.05, 3.63) is 71.8 Å². The number of hydrogen-bond donors (Lipinski definition) is 2. The normalized spacial score (nSPS) is 13.8. The molecule has 0 saturated carbocycles. The van der Waals surface area contributed by atoms with Gasteiger partial charge in [-0.25, -0.2) is 4.79 Å². The molecule has 0 aliphatic carbocycles. The minimum absolute atomic E-state index is 0.102. The molecule has 2 aromatic carbocycles. The van der Waals surface area contributed by atoms with Crippen molar-refractivity contribution in [3.8, 4) is 0 Å². The minimum Gasteiger partial charge on any atom is -0.445 e. The number of benzene rings is 2. The van der Waals surface area contributed by atoms with Gasteiger partial charge in [0.25, 0.3) is 10.1 Å². The zero-order chi connectivity index (χ0) is 24.3. The van der Waals surface area contributed by atoms with Crippen molar-refractivity contribution in [2.45, 2.75) is 57.9 Å². The average molecular weight is 494 g/mol. The Balaban J connectivity index is 1.97. The Morgan fingerprint density at radius 3 is 2.12 bits per heavy atom. The number of alkyl carbamates (subject to hydrolysis) is 1. The molecule has 0 aliphatic heterocycles. The van der Waals surface area contributed by atoms with E-state index < -0.39 is 22.3 Å². The maximum absolute atomic E-state index is 12.4. The van der Waals surface area contributed by atoms with Gasteiger partial charge in [0, 0.05) is 11.3 Å². The number of nitrogens with one attached hydrogen (secondary N) is 1. The van der Waals surface area contributed by atoms with Crippen LogP contribution >= 0.6 is 12.6 Å². The molecule has 0 aliphatic rings. The molecule has 0 radical (unpaired) electrons. The van der Waals surface area contributed by atoms with Gasteiger partial charge in [-0.15, -0.1) is 0 Å². The van der Waals surface area contributed by atoms with Crippen LogP contribution in [0.4, 0.5) is 4.79 Å². The van der Waals surface area contributed by atoms with E-state index in [4.69, 9.17) is 8.92 Å². The Kier molecular flexibility index (Phi) is 10.7. The summed E-state index contributed by atoms with van der Waals surface area (Å²) in [6.45, 7) is 5.95. The minimum atomic E-state index is -3.73. The molecule has 2 rings (SSSR count). The summed E-state index contributed by atoms with van der Waals surface area (Å²) in [5.74, 6) is -0.213. The zero-order valence-corrected chi connectivity index (χ0v) is 21.3. The van der Waals surface area contributed by atoms with E-state index in [0.717, 1.165) is 17.5 Å². The number of rotatable bonds is 12. The summed E-state index contributed by atoms with van der Waals surface area (Å²) < 4.78 is 35.3. The fraction of sp³-hybridized carbons (Fsp3) is 0.480. The summed E-state index contributed by atoms with van der Waals surface area (Å²) in [4.78, 5) is 12.4. The van der Waals surface area contributed by atoms with Crippen molar-refractivity contribution >= 4 is 28.8 Å². The molecule has 0 fully saturated rings. The van der Waals surface area contributed by atoms with E-state index in [1.807, 2.05) is 81.4 Å². The van der Waals surface area contributed by atoms with Gasteiger partial charge < -0.3 is 10.1 Å². The number of thiol groups is 1. The first kappa shape index (κ1) is 27.2. The smallest absolute Gasteiger partial charge is 0.407 e. The van der Waals surface area contributed by atoms with Crippen LogP contribution in [0.5, 0.6) is 0 Å². The number of carbonyl (C=O) groups is 1. The van der Waals surface area contributed by atoms with Gasteiger partial charge in [0.15, 0.2) is 0 Å². The van der Waals surface area contributed by atoms with E-state index in [2.05, 4.69) is 17.9 Å². The molecule has 0 saturated heterocycles. The second-order valence-corrected chi connectivity index (χ2v) is 11.7. The monoisotopic (exact) mass is 493 g/mol. The van der Waals surface area contributed by atoms with Crippen LogP contribution in [0.25, 0.3) is 0 Å². The van der Waals surface area contributed by atoms with Crippen LogP contribution in [0.3, 0.4) is 0 Å². The molecular weight excluding hydrogens is 458 g/mol. The Morgan fingerprint density at radius 2 is 1.55 bits per heavy atom. The van der Waals surface area contributed by atoms with Gasteiger partial charge >= 0.3 is 6.09 Å². The summed E-state index contributed by atoms with van der Waals surface area (Å²) in [5, 5.41) is 2.55. The predicted molar refractivity (Wildman–Crippen MR) is 135 cm³/mol. The fourth-order valence-electron chi connectivity index (χ4n) is 3.03. The summed E-state index contributed by atoms with van der Waals surface area (Å²) in [6.07, 6.45) is 1.00. The van der Waals surface area contributed by atoms with Crippen molar-refractivity contribution in [1.82, 2.24) is 5.32 Å². The highest BCUT2D eigenvalue weighted by Crippen LogP contribution is 2.18. The average Bonchev–Trinajstić information content (AvgIpc) is 2.78. The lowest BCUT2D eigenvalue weighted by Gasteiger charge is -2.25. The summed E-state index contributed by atoms with van der Waals surface area (Å²) in [6, 6.07) is 18.8. The van der Waals surface area contributed by atoms with Gasteiger partial charge in [0.1, 0.15) is 6.61 Å². The van der Waals surface area contributed by atoms with Gasteiger partial charge in [-0.3, -0.25) is 4.18 Å². The summed E-state index contributed by atoms with van der Waals surface area (Å²) in [5.41, 5.74) is 1.75. The van der Waals surface area contributed by atoms with Crippen LogP contribution in [0.2, 0.25) is 0 Å². The lowest BCUT2D eigenvalue weighted by Crippen LogP contribution is -2.43. The molecule has 33 heavy (non-hydrogen) atoms. The second kappa shape index (κ2) is 13.0. The third-order valence-corrected chi connectivity index (χ3v) is 6.73. The van der Waals surface area contributed by atoms with Crippen molar-refractivity contribution in [3.63, 3.8) is 0 Å². The fourth-order valence-corrected chi connectivity index (χ4v) is 4.58. The van der Waals surface area contributed by atoms with Gasteiger partial charge in [-0.05, 0) is 35.8 Å². The molecule has 1 amide bonds. The first-order chi connectivity index (χ1) is 15.5. The highest BCUT2D eigenvalue weighted by Gasteiger charge is 2.25. The topological polar surface area (TPSA) is 81.7 Å². The molecule has 1 N–H and O–H groups in total. The SMILES string of the molecule is CC(C)(C)COS(=O)(=O)CC[C@H](NC(=O)OCc1ccccc1)[C@@H](S)CCc1ccccc1. The van der Waals surface area contributed by atoms with Crippen molar-refractivity contribution in [1.29, 1.82) is 0 Å². The second-order valence-electron chi connectivity index (χ2n) is 9.28. The maximum atomic E-state index is 12.4. The highest BCUT2D eigenvalue weighted by molar-refractivity contribution is 7.86. The van der Waals surface area contributed by atoms with E-state index in [0.29, 0.717) is 6.42 Å². The molecule has 2 aromatic rings. The standard InChI is InChI=1S/C25H35NO5S2/c1-25(2,3)19-31-33(28,29)17-16-22(23(32)15-14-20-10-6-4-7-11-20)26-24(27)30-18-21-12-8-5-9-13-21/h4-13,22-23,32H,14-19H2,1-3H3,(H,26,27)/t22-,23-/m0/s1. The molecule has 0 heterocycles. The molecule has 182 valence electrons. The van der Waals surface area contributed by atoms with Crippen molar-refractivity contribution < 1.29 is 22.1 Å². The Labute approximate surface area is 203 Å². The Hall–Kier alpha value is -2.03. The summed E-state index contributed by atoms with van der Waals surface area (Å²) in [7, 11) is -3.73. The Morgan fingerprint density at radius 1 is 0.970 bits per heavy atom. The van der Waals surface area contributed by atoms with Crippen LogP contribution in [0, 0.1) is 5.41 Å². The first-order valence-corrected chi connectivity index (χ1v) is 13.2. The molecule has 0 unspecified atom stereocenters. The molecule has 2 atom stereocenters. The predicted octanol–water partition coefficient (Wildman–Crippen LogP) is 5.00. The van der Waals surface area contributed by atoms with Crippen LogP contribution in [-0.2, 0) is 32.1 Å². The van der Waals surface area contributed by atoms with E-state index in [-0.39, 0.29) is 36.1 Å². The number of amides is 1. The molecule has 0 spiro atoms. The Bertz CT molecular complexity index is 944. The summed E-state index contributed by atoms with van der Waals surface area (Å²) >= 11 is 4.69. The first-order valence-electron chi connectivity index (χ1n) is 11.1. The lowest BCUT2D eigenvalue weighted by molar-refractivity contribution is 0.135.